The van der Waals surface area contributed by atoms with Gasteiger partial charge in [-0.3, -0.25) is 4.79 Å². The van der Waals surface area contributed by atoms with Crippen LogP contribution in [0.4, 0.5) is 5.69 Å². The first-order valence-electron chi connectivity index (χ1n) is 11.4. The number of aromatic nitrogens is 1. The van der Waals surface area contributed by atoms with Crippen molar-refractivity contribution in [2.75, 3.05) is 25.6 Å². The highest BCUT2D eigenvalue weighted by molar-refractivity contribution is 6.00. The highest BCUT2D eigenvalue weighted by atomic mass is 16.5. The molecule has 0 unspecified atom stereocenters. The smallest absolute Gasteiger partial charge is 0.349 e. The summed E-state index contributed by atoms with van der Waals surface area (Å²) in [7, 11) is 1.63. The summed E-state index contributed by atoms with van der Waals surface area (Å²) in [6.45, 7) is 4.97. The summed E-state index contributed by atoms with van der Waals surface area (Å²) >= 11 is 0. The van der Waals surface area contributed by atoms with Gasteiger partial charge in [0.15, 0.2) is 6.61 Å². The average Bonchev–Trinajstić information content (AvgIpc) is 3.16. The van der Waals surface area contributed by atoms with Crippen LogP contribution in [-0.2, 0) is 32.2 Å². The molecule has 8 heteroatoms. The van der Waals surface area contributed by atoms with Gasteiger partial charge in [0.2, 0.25) is 0 Å². The fourth-order valence-corrected chi connectivity index (χ4v) is 3.57. The van der Waals surface area contributed by atoms with Gasteiger partial charge in [0.05, 0.1) is 6.61 Å². The number of nitriles is 1. The average molecular weight is 488 g/mol. The molecule has 0 aliphatic rings. The third kappa shape index (κ3) is 7.32. The number of amides is 1. The van der Waals surface area contributed by atoms with E-state index in [9.17, 15) is 14.9 Å². The maximum atomic E-state index is 12.4. The predicted molar refractivity (Wildman–Crippen MR) is 136 cm³/mol. The minimum Gasteiger partial charge on any atom is -0.489 e. The lowest BCUT2D eigenvalue weighted by atomic mass is 10.1. The molecule has 0 radical (unpaired) electrons. The number of anilines is 1. The maximum absolute atomic E-state index is 12.4. The summed E-state index contributed by atoms with van der Waals surface area (Å²) in [6, 6.07) is 20.4. The van der Waals surface area contributed by atoms with Crippen molar-refractivity contribution < 1.29 is 23.8 Å². The van der Waals surface area contributed by atoms with Gasteiger partial charge in [0.1, 0.15) is 24.0 Å². The summed E-state index contributed by atoms with van der Waals surface area (Å²) in [5.74, 6) is -0.719. The van der Waals surface area contributed by atoms with E-state index >= 15 is 0 Å². The fraction of sp³-hybridized carbons (Fsp3) is 0.250. The predicted octanol–water partition coefficient (Wildman–Crippen LogP) is 4.42. The minimum atomic E-state index is -0.862. The molecule has 3 rings (SSSR count). The Hall–Kier alpha value is -4.35. The normalized spacial score (nSPS) is 11.0. The topological polar surface area (TPSA) is 103 Å². The number of esters is 1. The Morgan fingerprint density at radius 3 is 2.47 bits per heavy atom. The largest absolute Gasteiger partial charge is 0.489 e. The summed E-state index contributed by atoms with van der Waals surface area (Å²) in [5.41, 5.74) is 4.02. The van der Waals surface area contributed by atoms with Gasteiger partial charge >= 0.3 is 5.97 Å². The number of ether oxygens (including phenoxy) is 3. The van der Waals surface area contributed by atoms with Crippen molar-refractivity contribution in [2.45, 2.75) is 27.0 Å². The Morgan fingerprint density at radius 1 is 1.08 bits per heavy atom. The van der Waals surface area contributed by atoms with Crippen LogP contribution in [0, 0.1) is 25.2 Å². The lowest BCUT2D eigenvalue weighted by molar-refractivity contribution is -0.142. The van der Waals surface area contributed by atoms with Gasteiger partial charge in [-0.25, -0.2) is 4.79 Å². The van der Waals surface area contributed by atoms with Crippen LogP contribution in [0.5, 0.6) is 5.75 Å². The fourth-order valence-electron chi connectivity index (χ4n) is 3.57. The van der Waals surface area contributed by atoms with Gasteiger partial charge in [-0.1, -0.05) is 30.3 Å². The third-order valence-electron chi connectivity index (χ3n) is 5.49. The summed E-state index contributed by atoms with van der Waals surface area (Å²) in [6.07, 6.45) is 1.47. The molecule has 186 valence electrons. The van der Waals surface area contributed by atoms with Crippen LogP contribution in [-0.4, -0.2) is 36.8 Å². The summed E-state index contributed by atoms with van der Waals surface area (Å²) < 4.78 is 18.0. The highest BCUT2D eigenvalue weighted by Crippen LogP contribution is 2.19. The molecular formula is C28H29N3O5. The number of hydrogen-bond acceptors (Lipinski definition) is 6. The molecule has 3 aromatic rings. The standard InChI is InChI=1S/C28H29N3O5/c1-20-15-23(21(2)31(20)13-14-34-3)16-24(17-29)28(33)36-19-27(32)30-25-9-11-26(12-10-25)35-18-22-7-5-4-6-8-22/h4-12,15-16H,13-14,18-19H2,1-3H3,(H,30,32)/b24-16+. The first-order chi connectivity index (χ1) is 17.4. The van der Waals surface area contributed by atoms with Crippen molar-refractivity contribution in [1.29, 1.82) is 5.26 Å². The van der Waals surface area contributed by atoms with Crippen molar-refractivity contribution >= 4 is 23.6 Å². The number of nitrogens with one attached hydrogen (secondary N) is 1. The zero-order chi connectivity index (χ0) is 25.9. The molecule has 2 aromatic carbocycles. The molecule has 0 atom stereocenters. The van der Waals surface area contributed by atoms with Crippen LogP contribution >= 0.6 is 0 Å². The molecule has 1 heterocycles. The van der Waals surface area contributed by atoms with Crippen molar-refractivity contribution in [3.63, 3.8) is 0 Å². The SMILES string of the molecule is COCCn1c(C)cc(/C=C(\C#N)C(=O)OCC(=O)Nc2ccc(OCc3ccccc3)cc2)c1C. The van der Waals surface area contributed by atoms with Gasteiger partial charge in [-0.2, -0.15) is 5.26 Å². The molecule has 0 aliphatic carbocycles. The van der Waals surface area contributed by atoms with E-state index in [1.165, 1.54) is 6.08 Å². The lowest BCUT2D eigenvalue weighted by Gasteiger charge is -2.09. The molecule has 1 amide bonds. The molecule has 0 saturated heterocycles. The van der Waals surface area contributed by atoms with Crippen LogP contribution in [0.3, 0.4) is 0 Å². The first-order valence-corrected chi connectivity index (χ1v) is 11.4. The Balaban J connectivity index is 1.52. The molecular weight excluding hydrogens is 458 g/mol. The van der Waals surface area contributed by atoms with Gasteiger partial charge in [-0.05, 0) is 61.4 Å². The monoisotopic (exact) mass is 487 g/mol. The van der Waals surface area contributed by atoms with E-state index in [1.54, 1.807) is 31.4 Å². The summed E-state index contributed by atoms with van der Waals surface area (Å²) in [4.78, 5) is 24.7. The second-order valence-electron chi connectivity index (χ2n) is 8.06. The van der Waals surface area contributed by atoms with E-state index in [1.807, 2.05) is 60.9 Å². The van der Waals surface area contributed by atoms with Crippen LogP contribution in [0.25, 0.3) is 6.08 Å². The van der Waals surface area contributed by atoms with Crippen molar-refractivity contribution in [2.24, 2.45) is 0 Å². The molecule has 1 aromatic heterocycles. The zero-order valence-electron chi connectivity index (χ0n) is 20.6. The second-order valence-corrected chi connectivity index (χ2v) is 8.06. The van der Waals surface area contributed by atoms with Crippen LogP contribution in [0.1, 0.15) is 22.5 Å². The number of aryl methyl sites for hydroxylation is 1. The van der Waals surface area contributed by atoms with Gasteiger partial charge in [0, 0.05) is 30.7 Å². The van der Waals surface area contributed by atoms with Gasteiger partial charge < -0.3 is 24.1 Å². The molecule has 0 fully saturated rings. The molecule has 0 bridgehead atoms. The summed E-state index contributed by atoms with van der Waals surface area (Å²) in [5, 5.41) is 12.1. The number of rotatable bonds is 11. The first kappa shape index (κ1) is 26.3. The second kappa shape index (κ2) is 12.9. The quantitative estimate of drug-likeness (QED) is 0.244. The van der Waals surface area contributed by atoms with E-state index in [0.29, 0.717) is 31.2 Å². The van der Waals surface area contributed by atoms with Gasteiger partial charge in [0.25, 0.3) is 5.91 Å². The molecule has 8 nitrogen and oxygen atoms in total. The molecule has 0 aliphatic heterocycles. The number of benzene rings is 2. The third-order valence-corrected chi connectivity index (χ3v) is 5.49. The Morgan fingerprint density at radius 2 is 1.81 bits per heavy atom. The van der Waals surface area contributed by atoms with Crippen LogP contribution in [0.15, 0.2) is 66.2 Å². The Labute approximate surface area is 210 Å². The molecule has 1 N–H and O–H groups in total. The Kier molecular flexibility index (Phi) is 9.43. The molecule has 0 saturated carbocycles. The number of carbonyl (C=O) groups is 2. The number of carbonyl (C=O) groups excluding carboxylic acids is 2. The molecule has 0 spiro atoms. The Bertz CT molecular complexity index is 1250. The number of hydrogen-bond donors (Lipinski definition) is 1. The van der Waals surface area contributed by atoms with Gasteiger partial charge in [-0.15, -0.1) is 0 Å². The van der Waals surface area contributed by atoms with E-state index in [4.69, 9.17) is 14.2 Å². The van der Waals surface area contributed by atoms with Crippen LogP contribution in [0.2, 0.25) is 0 Å². The number of methoxy groups -OCH3 is 1. The molecule has 36 heavy (non-hydrogen) atoms. The zero-order valence-corrected chi connectivity index (χ0v) is 20.6. The lowest BCUT2D eigenvalue weighted by Crippen LogP contribution is -2.21. The van der Waals surface area contributed by atoms with Crippen molar-refractivity contribution in [3.05, 3.63) is 88.8 Å². The van der Waals surface area contributed by atoms with E-state index in [-0.39, 0.29) is 5.57 Å². The van der Waals surface area contributed by atoms with Crippen LogP contribution < -0.4 is 10.1 Å². The maximum Gasteiger partial charge on any atom is 0.349 e. The minimum absolute atomic E-state index is 0.185. The van der Waals surface area contributed by atoms with E-state index < -0.39 is 18.5 Å². The number of nitrogens with zero attached hydrogens (tertiary/aromatic N) is 2. The van der Waals surface area contributed by atoms with E-state index in [0.717, 1.165) is 22.5 Å². The highest BCUT2D eigenvalue weighted by Gasteiger charge is 2.16. The van der Waals surface area contributed by atoms with Crippen molar-refractivity contribution in [3.8, 4) is 11.8 Å². The van der Waals surface area contributed by atoms with E-state index in [2.05, 4.69) is 5.32 Å². The van der Waals surface area contributed by atoms with Crippen molar-refractivity contribution in [1.82, 2.24) is 4.57 Å².